The molecule has 0 bridgehead atoms. The molecule has 14 heteroatoms. The molecular formula is C22H26Cl2N6O4S2. The molecule has 2 aliphatic heterocycles. The molecule has 3 aromatic rings. The number of benzene rings is 1. The molecule has 2 atom stereocenters. The summed E-state index contributed by atoms with van der Waals surface area (Å²) in [5, 5.41) is 24.6. The van der Waals surface area contributed by atoms with E-state index >= 15 is 0 Å². The SMILES string of the molecule is C[C@@H]1OCC2(CCN(c3cc(S(N)(=O)=O)c(Sc4cccc(Cl)c4Cl)c4nnc(CO)n34)CC2)[C@@H]1N. The minimum atomic E-state index is -4.17. The second-order valence-electron chi connectivity index (χ2n) is 9.22. The number of pyridine rings is 1. The third kappa shape index (κ3) is 4.37. The highest BCUT2D eigenvalue weighted by Crippen LogP contribution is 2.45. The maximum Gasteiger partial charge on any atom is 0.239 e. The van der Waals surface area contributed by atoms with Crippen molar-refractivity contribution in [3.05, 3.63) is 40.1 Å². The van der Waals surface area contributed by atoms with E-state index in [-0.39, 0.29) is 50.5 Å². The van der Waals surface area contributed by atoms with Gasteiger partial charge in [-0.05, 0) is 31.9 Å². The Morgan fingerprint density at radius 2 is 2.00 bits per heavy atom. The van der Waals surface area contributed by atoms with E-state index in [1.165, 1.54) is 6.07 Å². The smallest absolute Gasteiger partial charge is 0.239 e. The van der Waals surface area contributed by atoms with Crippen molar-refractivity contribution in [3.63, 3.8) is 0 Å². The van der Waals surface area contributed by atoms with E-state index in [9.17, 15) is 13.5 Å². The van der Waals surface area contributed by atoms with Crippen LogP contribution in [-0.2, 0) is 21.4 Å². The molecule has 4 heterocycles. The van der Waals surface area contributed by atoms with Crippen LogP contribution in [0.3, 0.4) is 0 Å². The van der Waals surface area contributed by atoms with Crippen LogP contribution in [-0.4, -0.2) is 60.0 Å². The van der Waals surface area contributed by atoms with Crippen molar-refractivity contribution in [2.75, 3.05) is 24.6 Å². The highest BCUT2D eigenvalue weighted by Gasteiger charge is 2.47. The number of sulfonamides is 1. The largest absolute Gasteiger partial charge is 0.388 e. The number of ether oxygens (including phenoxy) is 1. The molecule has 5 N–H and O–H groups in total. The summed E-state index contributed by atoms with van der Waals surface area (Å²) < 4.78 is 33.1. The number of nitrogens with two attached hydrogens (primary N) is 2. The third-order valence-corrected chi connectivity index (χ3v) is 10.3. The van der Waals surface area contributed by atoms with E-state index < -0.39 is 10.0 Å². The topological polar surface area (TPSA) is 149 Å². The van der Waals surface area contributed by atoms with Crippen molar-refractivity contribution < 1.29 is 18.3 Å². The second kappa shape index (κ2) is 9.59. The summed E-state index contributed by atoms with van der Waals surface area (Å²) >= 11 is 13.6. The van der Waals surface area contributed by atoms with Crippen LogP contribution in [0.1, 0.15) is 25.6 Å². The fourth-order valence-electron chi connectivity index (χ4n) is 5.03. The molecule has 2 fully saturated rings. The van der Waals surface area contributed by atoms with Gasteiger partial charge in [0.15, 0.2) is 11.5 Å². The van der Waals surface area contributed by atoms with Gasteiger partial charge in [0.1, 0.15) is 17.3 Å². The van der Waals surface area contributed by atoms with Gasteiger partial charge in [0.2, 0.25) is 10.0 Å². The van der Waals surface area contributed by atoms with Gasteiger partial charge in [-0.2, -0.15) is 0 Å². The standard InChI is InChI=1S/C22H26Cl2N6O4S2/c1-12-20(25)22(11-34-12)5-7-29(8-6-22)17-9-15(36(26,32)33)19(21-28-27-16(10-31)30(17)21)35-14-4-2-3-13(23)18(14)24/h2-4,9,12,20,31H,5-8,10-11,25H2,1H3,(H2,26,32,33)/t12-,20+/m0/s1. The number of primary sulfonamides is 1. The second-order valence-corrected chi connectivity index (χ2v) is 12.6. The summed E-state index contributed by atoms with van der Waals surface area (Å²) in [6, 6.07) is 6.52. The van der Waals surface area contributed by atoms with Crippen molar-refractivity contribution in [2.45, 2.75) is 53.2 Å². The van der Waals surface area contributed by atoms with E-state index in [2.05, 4.69) is 10.2 Å². The Bertz CT molecular complexity index is 1430. The lowest BCUT2D eigenvalue weighted by Crippen LogP contribution is -2.51. The Hall–Kier alpha value is -1.64. The lowest BCUT2D eigenvalue weighted by molar-refractivity contribution is 0.0974. The number of hydrogen-bond acceptors (Lipinski definition) is 9. The first-order valence-electron chi connectivity index (χ1n) is 11.3. The Kier molecular flexibility index (Phi) is 6.92. The number of anilines is 1. The van der Waals surface area contributed by atoms with Crippen LogP contribution < -0.4 is 15.8 Å². The fourth-order valence-corrected chi connectivity index (χ4v) is 7.55. The molecule has 2 aromatic heterocycles. The molecule has 194 valence electrons. The van der Waals surface area contributed by atoms with Crippen LogP contribution in [0.2, 0.25) is 10.0 Å². The molecule has 5 rings (SSSR count). The first-order valence-corrected chi connectivity index (χ1v) is 14.5. The predicted molar refractivity (Wildman–Crippen MR) is 138 cm³/mol. The molecule has 2 aliphatic rings. The van der Waals surface area contributed by atoms with Crippen LogP contribution in [0.4, 0.5) is 5.82 Å². The lowest BCUT2D eigenvalue weighted by Gasteiger charge is -2.42. The van der Waals surface area contributed by atoms with Crippen molar-refractivity contribution in [3.8, 4) is 0 Å². The van der Waals surface area contributed by atoms with Gasteiger partial charge in [0.25, 0.3) is 0 Å². The number of hydrogen-bond donors (Lipinski definition) is 3. The van der Waals surface area contributed by atoms with Gasteiger partial charge in [0, 0.05) is 35.5 Å². The van der Waals surface area contributed by atoms with E-state index in [0.717, 1.165) is 24.6 Å². The van der Waals surface area contributed by atoms with Crippen LogP contribution in [0.15, 0.2) is 39.0 Å². The molecule has 0 unspecified atom stereocenters. The van der Waals surface area contributed by atoms with Crippen LogP contribution >= 0.6 is 35.0 Å². The molecule has 2 saturated heterocycles. The summed E-state index contributed by atoms with van der Waals surface area (Å²) in [7, 11) is -4.17. The van der Waals surface area contributed by atoms with Crippen molar-refractivity contribution in [2.24, 2.45) is 16.3 Å². The van der Waals surface area contributed by atoms with Crippen LogP contribution in [0, 0.1) is 5.41 Å². The number of aromatic nitrogens is 3. The summed E-state index contributed by atoms with van der Waals surface area (Å²) in [4.78, 5) is 2.71. The summed E-state index contributed by atoms with van der Waals surface area (Å²) in [6.07, 6.45) is 1.54. The molecule has 1 aromatic carbocycles. The maximum atomic E-state index is 12.8. The van der Waals surface area contributed by atoms with Crippen molar-refractivity contribution in [1.82, 2.24) is 14.6 Å². The molecule has 10 nitrogen and oxygen atoms in total. The van der Waals surface area contributed by atoms with Crippen molar-refractivity contribution in [1.29, 1.82) is 0 Å². The number of aliphatic hydroxyl groups excluding tert-OH is 1. The van der Waals surface area contributed by atoms with E-state index in [1.54, 1.807) is 22.6 Å². The van der Waals surface area contributed by atoms with Crippen LogP contribution in [0.5, 0.6) is 0 Å². The van der Waals surface area contributed by atoms with Crippen LogP contribution in [0.25, 0.3) is 5.65 Å². The zero-order valence-corrected chi connectivity index (χ0v) is 22.5. The molecule has 0 aliphatic carbocycles. The normalized spacial score (nSPS) is 22.1. The number of nitrogens with zero attached hydrogens (tertiary/aromatic N) is 4. The van der Waals surface area contributed by atoms with Gasteiger partial charge in [-0.3, -0.25) is 4.40 Å². The Morgan fingerprint density at radius 1 is 1.28 bits per heavy atom. The predicted octanol–water partition coefficient (Wildman–Crippen LogP) is 2.66. The number of aliphatic hydroxyl groups is 1. The molecule has 36 heavy (non-hydrogen) atoms. The minimum absolute atomic E-state index is 0.00861. The number of halogens is 2. The number of piperidine rings is 1. The van der Waals surface area contributed by atoms with Gasteiger partial charge < -0.3 is 20.5 Å². The zero-order chi connectivity index (χ0) is 25.8. The molecule has 0 radical (unpaired) electrons. The minimum Gasteiger partial charge on any atom is -0.388 e. The number of fused-ring (bicyclic) bond motifs is 1. The highest BCUT2D eigenvalue weighted by molar-refractivity contribution is 8.00. The number of rotatable bonds is 5. The Labute approximate surface area is 222 Å². The lowest BCUT2D eigenvalue weighted by atomic mass is 9.73. The highest BCUT2D eigenvalue weighted by atomic mass is 35.5. The molecular weight excluding hydrogens is 547 g/mol. The molecule has 0 amide bonds. The first kappa shape index (κ1) is 26.0. The Morgan fingerprint density at radius 3 is 2.61 bits per heavy atom. The summed E-state index contributed by atoms with van der Waals surface area (Å²) in [5.41, 5.74) is 6.59. The molecule has 0 saturated carbocycles. The zero-order valence-electron chi connectivity index (χ0n) is 19.4. The summed E-state index contributed by atoms with van der Waals surface area (Å²) in [6.45, 7) is 3.42. The van der Waals surface area contributed by atoms with Gasteiger partial charge in [0.05, 0.1) is 27.7 Å². The van der Waals surface area contributed by atoms with Gasteiger partial charge >= 0.3 is 0 Å². The third-order valence-electron chi connectivity index (χ3n) is 7.15. The van der Waals surface area contributed by atoms with E-state index in [1.807, 2.05) is 11.8 Å². The monoisotopic (exact) mass is 572 g/mol. The van der Waals surface area contributed by atoms with E-state index in [0.29, 0.717) is 35.4 Å². The van der Waals surface area contributed by atoms with Crippen molar-refractivity contribution >= 4 is 56.5 Å². The maximum absolute atomic E-state index is 12.8. The average molecular weight is 574 g/mol. The van der Waals surface area contributed by atoms with Gasteiger partial charge in [-0.25, -0.2) is 13.6 Å². The first-order chi connectivity index (χ1) is 17.1. The fraction of sp³-hybridized carbons (Fsp3) is 0.455. The Balaban J connectivity index is 1.62. The average Bonchev–Trinajstić information content (AvgIpc) is 3.39. The summed E-state index contributed by atoms with van der Waals surface area (Å²) in [5.74, 6) is 0.801. The molecule has 1 spiro atoms. The van der Waals surface area contributed by atoms with E-state index in [4.69, 9.17) is 38.8 Å². The van der Waals surface area contributed by atoms with Gasteiger partial charge in [-0.15, -0.1) is 10.2 Å². The quantitative estimate of drug-likeness (QED) is 0.419. The van der Waals surface area contributed by atoms with Gasteiger partial charge in [-0.1, -0.05) is 41.0 Å².